The number of aromatic nitrogens is 2. The molecule has 2 aliphatic rings. The maximum absolute atomic E-state index is 13.6. The summed E-state index contributed by atoms with van der Waals surface area (Å²) in [5.41, 5.74) is 2.97. The number of rotatable bonds is 13. The van der Waals surface area contributed by atoms with Gasteiger partial charge in [-0.15, -0.1) is 0 Å². The third-order valence-electron chi connectivity index (χ3n) is 7.95. The summed E-state index contributed by atoms with van der Waals surface area (Å²) < 4.78 is 33.2. The first-order chi connectivity index (χ1) is 22.4. The zero-order chi connectivity index (χ0) is 34.1. The Morgan fingerprint density at radius 2 is 1.79 bits per heavy atom. The summed E-state index contributed by atoms with van der Waals surface area (Å²) in [5.74, 6) is -3.00. The van der Waals surface area contributed by atoms with Gasteiger partial charge in [-0.2, -0.15) is 24.9 Å². The van der Waals surface area contributed by atoms with Crippen LogP contribution in [0.5, 0.6) is 0 Å². The van der Waals surface area contributed by atoms with E-state index < -0.39 is 24.2 Å². The summed E-state index contributed by atoms with van der Waals surface area (Å²) in [4.78, 5) is 53.6. The van der Waals surface area contributed by atoms with Gasteiger partial charge in [0.25, 0.3) is 5.91 Å². The van der Waals surface area contributed by atoms with Crippen LogP contribution in [-0.2, 0) is 32.1 Å². The molecule has 0 radical (unpaired) electrons. The van der Waals surface area contributed by atoms with Crippen LogP contribution in [0, 0.1) is 0 Å². The monoisotopic (exact) mass is 677 g/mol. The molecule has 1 unspecified atom stereocenters. The maximum atomic E-state index is 13.6. The van der Waals surface area contributed by atoms with E-state index in [4.69, 9.17) is 9.90 Å². The summed E-state index contributed by atoms with van der Waals surface area (Å²) in [7, 11) is 0. The minimum atomic E-state index is -5.08. The molecule has 2 fully saturated rings. The highest BCUT2D eigenvalue weighted by molar-refractivity contribution is 7.98. The highest BCUT2D eigenvalue weighted by atomic mass is 32.2. The van der Waals surface area contributed by atoms with Crippen LogP contribution in [0.4, 0.5) is 13.2 Å². The number of imidazole rings is 1. The van der Waals surface area contributed by atoms with Crippen LogP contribution in [0.1, 0.15) is 54.8 Å². The maximum Gasteiger partial charge on any atom is 0.490 e. The first-order valence-electron chi connectivity index (χ1n) is 15.3. The van der Waals surface area contributed by atoms with Crippen molar-refractivity contribution in [2.45, 2.75) is 63.2 Å². The normalized spacial score (nSPS) is 15.2. The Hall–Kier alpha value is -4.11. The van der Waals surface area contributed by atoms with E-state index in [-0.39, 0.29) is 31.2 Å². The van der Waals surface area contributed by atoms with Crippen LogP contribution in [0.25, 0.3) is 10.8 Å². The number of halogens is 3. The van der Waals surface area contributed by atoms with Gasteiger partial charge < -0.3 is 20.4 Å². The topological polar surface area (TPSA) is 145 Å². The van der Waals surface area contributed by atoms with E-state index in [1.165, 1.54) is 51.6 Å². The Morgan fingerprint density at radius 1 is 1.11 bits per heavy atom. The number of carbonyl (C=O) groups excluding carboxylic acids is 2. The fourth-order valence-electron chi connectivity index (χ4n) is 5.44. The van der Waals surface area contributed by atoms with Crippen LogP contribution >= 0.6 is 11.8 Å². The van der Waals surface area contributed by atoms with Crippen LogP contribution < -0.4 is 10.3 Å². The lowest BCUT2D eigenvalue weighted by Gasteiger charge is -2.29. The van der Waals surface area contributed by atoms with E-state index in [1.807, 2.05) is 23.3 Å². The van der Waals surface area contributed by atoms with Crippen LogP contribution in [0.2, 0.25) is 0 Å². The molecule has 1 aliphatic carbocycles. The predicted octanol–water partition coefficient (Wildman–Crippen LogP) is 4.17. The smallest absolute Gasteiger partial charge is 0.480 e. The number of fused-ring (bicyclic) bond motifs is 1. The highest BCUT2D eigenvalue weighted by Crippen LogP contribution is 2.41. The van der Waals surface area contributed by atoms with Crippen molar-refractivity contribution >= 4 is 46.3 Å². The van der Waals surface area contributed by atoms with E-state index in [0.29, 0.717) is 23.9 Å². The number of thioether (sulfide) groups is 1. The van der Waals surface area contributed by atoms with Gasteiger partial charge in [0, 0.05) is 19.6 Å². The van der Waals surface area contributed by atoms with E-state index >= 15 is 0 Å². The Balaban J connectivity index is 0.000000644. The first-order valence-corrected chi connectivity index (χ1v) is 16.7. The third-order valence-corrected chi connectivity index (χ3v) is 8.59. The zero-order valence-electron chi connectivity index (χ0n) is 25.9. The second kappa shape index (κ2) is 16.1. The summed E-state index contributed by atoms with van der Waals surface area (Å²) in [5, 5.41) is 24.1. The number of alkyl halides is 3. The van der Waals surface area contributed by atoms with Crippen molar-refractivity contribution in [1.29, 1.82) is 0 Å². The largest absolute Gasteiger partial charge is 0.490 e. The van der Waals surface area contributed by atoms with Gasteiger partial charge >= 0.3 is 18.1 Å². The van der Waals surface area contributed by atoms with Crippen LogP contribution in [0.3, 0.4) is 0 Å². The molecule has 47 heavy (non-hydrogen) atoms. The second-order valence-electron chi connectivity index (χ2n) is 11.5. The molecule has 2 amide bonds. The molecule has 1 atom stereocenters. The number of amides is 2. The van der Waals surface area contributed by atoms with E-state index in [9.17, 15) is 32.7 Å². The fraction of sp³-hybridized carbons (Fsp3) is 0.469. The first kappa shape index (κ1) is 35.7. The number of nitrogens with zero attached hydrogens (tertiary/aromatic N) is 4. The van der Waals surface area contributed by atoms with Crippen molar-refractivity contribution in [3.8, 4) is 0 Å². The summed E-state index contributed by atoms with van der Waals surface area (Å²) in [6.45, 7) is 1.96. The molecule has 0 spiro atoms. The number of carboxylic acids is 2. The van der Waals surface area contributed by atoms with E-state index in [2.05, 4.69) is 34.6 Å². The molecule has 3 N–H and O–H groups in total. The number of nitrogens with one attached hydrogen (secondary N) is 1. The SMILES string of the molecule is CSCCC(C(=O)O)N(C(=O)CNCc1cc(C2CC2)cc2ccccc12)n1cnc(CC(=O)N2CCCC2)c1.O=C(O)C(F)(F)F. The molecule has 254 valence electrons. The molecule has 0 bridgehead atoms. The average Bonchev–Trinajstić information content (AvgIpc) is 3.53. The van der Waals surface area contributed by atoms with Crippen molar-refractivity contribution in [1.82, 2.24) is 19.9 Å². The molecule has 1 saturated heterocycles. The molecule has 1 aromatic heterocycles. The van der Waals surface area contributed by atoms with Gasteiger partial charge in [-0.25, -0.2) is 24.3 Å². The minimum Gasteiger partial charge on any atom is -0.480 e. The number of carbonyl (C=O) groups is 4. The lowest BCUT2D eigenvalue weighted by atomic mass is 9.98. The van der Waals surface area contributed by atoms with Gasteiger partial charge in [0.15, 0.2) is 6.04 Å². The Labute approximate surface area is 274 Å². The number of hydrogen-bond donors (Lipinski definition) is 3. The molecule has 2 aromatic carbocycles. The quantitative estimate of drug-likeness (QED) is 0.243. The third kappa shape index (κ3) is 9.94. The molecular weight excluding hydrogens is 639 g/mol. The Kier molecular flexibility index (Phi) is 12.3. The molecule has 15 heteroatoms. The van der Waals surface area contributed by atoms with Crippen molar-refractivity contribution in [2.75, 3.05) is 36.7 Å². The van der Waals surface area contributed by atoms with Gasteiger partial charge in [-0.1, -0.05) is 36.4 Å². The lowest BCUT2D eigenvalue weighted by molar-refractivity contribution is -0.192. The summed E-state index contributed by atoms with van der Waals surface area (Å²) in [6, 6.07) is 11.7. The van der Waals surface area contributed by atoms with Crippen molar-refractivity contribution in [3.63, 3.8) is 0 Å². The molecule has 1 aliphatic heterocycles. The van der Waals surface area contributed by atoms with Gasteiger partial charge in [-0.3, -0.25) is 9.59 Å². The predicted molar refractivity (Wildman–Crippen MR) is 171 cm³/mol. The Morgan fingerprint density at radius 3 is 2.40 bits per heavy atom. The highest BCUT2D eigenvalue weighted by Gasteiger charge is 2.38. The lowest BCUT2D eigenvalue weighted by Crippen LogP contribution is -2.54. The standard InChI is InChI=1S/C30H37N5O4S.C2HF3O2/c1-40-13-10-27(30(38)39)35(34-19-25(32-20-34)16-28(36)33-11-4-5-12-33)29(37)18-31-17-24-15-23(21-8-9-21)14-22-6-2-3-7-26(22)24;3-2(4,5)1(6)7/h2-3,6-7,14-15,19-21,27,31H,4-5,8-13,16-18H2,1H3,(H,38,39);(H,6,7). The molecule has 11 nitrogen and oxygen atoms in total. The zero-order valence-corrected chi connectivity index (χ0v) is 26.7. The summed E-state index contributed by atoms with van der Waals surface area (Å²) >= 11 is 1.53. The number of hydrogen-bond acceptors (Lipinski definition) is 7. The molecule has 1 saturated carbocycles. The number of aliphatic carboxylic acids is 2. The minimum absolute atomic E-state index is 0.000107. The van der Waals surface area contributed by atoms with Gasteiger partial charge in [0.2, 0.25) is 5.91 Å². The number of likely N-dealkylation sites (tertiary alicyclic amines) is 1. The van der Waals surface area contributed by atoms with Crippen molar-refractivity contribution < 1.29 is 42.6 Å². The Bertz CT molecular complexity index is 1570. The van der Waals surface area contributed by atoms with Crippen LogP contribution in [0.15, 0.2) is 48.9 Å². The number of carboxylic acid groups (broad SMARTS) is 2. The van der Waals surface area contributed by atoms with Crippen molar-refractivity contribution in [3.05, 3.63) is 65.7 Å². The van der Waals surface area contributed by atoms with Gasteiger partial charge in [0.05, 0.1) is 24.9 Å². The van der Waals surface area contributed by atoms with Crippen molar-refractivity contribution in [2.24, 2.45) is 0 Å². The second-order valence-corrected chi connectivity index (χ2v) is 12.5. The van der Waals surface area contributed by atoms with Gasteiger partial charge in [-0.05, 0) is 71.9 Å². The molecule has 3 aromatic rings. The number of benzene rings is 2. The fourth-order valence-corrected chi connectivity index (χ4v) is 5.90. The molecular formula is C32H38F3N5O6S. The van der Waals surface area contributed by atoms with E-state index in [0.717, 1.165) is 36.9 Å². The average molecular weight is 678 g/mol. The van der Waals surface area contributed by atoms with E-state index in [1.54, 1.807) is 6.20 Å². The molecule has 2 heterocycles. The van der Waals surface area contributed by atoms with Crippen LogP contribution in [-0.4, -0.2) is 92.4 Å². The summed E-state index contributed by atoms with van der Waals surface area (Å²) in [6.07, 6.45) is 4.71. The molecule has 5 rings (SSSR count). The van der Waals surface area contributed by atoms with Gasteiger partial charge in [0.1, 0.15) is 6.33 Å².